The van der Waals surface area contributed by atoms with Crippen LogP contribution in [0.15, 0.2) is 59.1 Å². The molecule has 0 aliphatic carbocycles. The maximum Gasteiger partial charge on any atom is 0.262 e. The van der Waals surface area contributed by atoms with Crippen LogP contribution < -0.4 is 14.8 Å². The van der Waals surface area contributed by atoms with Crippen molar-refractivity contribution >= 4 is 50.7 Å². The van der Waals surface area contributed by atoms with E-state index in [0.717, 1.165) is 34.1 Å². The summed E-state index contributed by atoms with van der Waals surface area (Å²) in [6.45, 7) is 6.23. The van der Waals surface area contributed by atoms with E-state index in [0.29, 0.717) is 23.0 Å². The Morgan fingerprint density at radius 3 is 2.59 bits per heavy atom. The number of aryl methyl sites for hydroxylation is 2. The lowest BCUT2D eigenvalue weighted by molar-refractivity contribution is -0.118. The fourth-order valence-electron chi connectivity index (χ4n) is 3.24. The highest BCUT2D eigenvalue weighted by Crippen LogP contribution is 2.31. The number of para-hydroxylation sites is 1. The van der Waals surface area contributed by atoms with Gasteiger partial charge in [-0.25, -0.2) is 0 Å². The summed E-state index contributed by atoms with van der Waals surface area (Å²) in [6, 6.07) is 14.8. The van der Waals surface area contributed by atoms with E-state index in [9.17, 15) is 9.59 Å². The highest BCUT2D eigenvalue weighted by molar-refractivity contribution is 9.10. The van der Waals surface area contributed by atoms with Crippen molar-refractivity contribution in [3.63, 3.8) is 0 Å². The SMILES string of the molecule is CCCc1sc(C(=O)/C=C/c2ccc(OCC(=O)Nc3ccccc3C)c(OCC)c2)cc1Br. The molecule has 7 heteroatoms. The molecule has 0 aliphatic heterocycles. The van der Waals surface area contributed by atoms with Crippen LogP contribution in [-0.4, -0.2) is 24.9 Å². The van der Waals surface area contributed by atoms with Gasteiger partial charge in [0.15, 0.2) is 23.9 Å². The van der Waals surface area contributed by atoms with E-state index in [2.05, 4.69) is 28.2 Å². The molecule has 2 aromatic carbocycles. The van der Waals surface area contributed by atoms with Gasteiger partial charge >= 0.3 is 0 Å². The molecular weight excluding hydrogens is 514 g/mol. The first-order valence-corrected chi connectivity index (χ1v) is 12.8. The third kappa shape index (κ3) is 7.05. The number of halogens is 1. The molecule has 0 fully saturated rings. The third-order valence-corrected chi connectivity index (χ3v) is 7.13. The molecule has 5 nitrogen and oxygen atoms in total. The lowest BCUT2D eigenvalue weighted by Gasteiger charge is -2.13. The number of benzene rings is 2. The fraction of sp³-hybridized carbons (Fsp3) is 0.259. The molecule has 0 aliphatic rings. The predicted octanol–water partition coefficient (Wildman–Crippen LogP) is 7.08. The van der Waals surface area contributed by atoms with Crippen LogP contribution in [0.5, 0.6) is 11.5 Å². The van der Waals surface area contributed by atoms with Crippen LogP contribution in [0, 0.1) is 6.92 Å². The average Bonchev–Trinajstić information content (AvgIpc) is 3.19. The Hall–Kier alpha value is -2.90. The molecule has 1 heterocycles. The number of rotatable bonds is 11. The highest BCUT2D eigenvalue weighted by atomic mass is 79.9. The van der Waals surface area contributed by atoms with Crippen LogP contribution in [0.1, 0.15) is 45.9 Å². The number of carbonyl (C=O) groups excluding carboxylic acids is 2. The molecule has 1 N–H and O–H groups in total. The van der Waals surface area contributed by atoms with Gasteiger partial charge in [-0.15, -0.1) is 11.3 Å². The summed E-state index contributed by atoms with van der Waals surface area (Å²) in [5.74, 6) is 0.691. The summed E-state index contributed by atoms with van der Waals surface area (Å²) in [4.78, 5) is 26.8. The van der Waals surface area contributed by atoms with Gasteiger partial charge < -0.3 is 14.8 Å². The topological polar surface area (TPSA) is 64.6 Å². The molecular formula is C27H28BrNO4S. The first kappa shape index (κ1) is 25.7. The number of ether oxygens (including phenoxy) is 2. The minimum atomic E-state index is -0.254. The molecule has 0 radical (unpaired) electrons. The van der Waals surface area contributed by atoms with Gasteiger partial charge in [-0.05, 0) is 77.7 Å². The largest absolute Gasteiger partial charge is 0.490 e. The maximum absolute atomic E-state index is 12.6. The Labute approximate surface area is 212 Å². The van der Waals surface area contributed by atoms with Gasteiger partial charge in [0.2, 0.25) is 0 Å². The number of amides is 1. The van der Waals surface area contributed by atoms with Crippen molar-refractivity contribution in [3.8, 4) is 11.5 Å². The van der Waals surface area contributed by atoms with Gasteiger partial charge in [-0.3, -0.25) is 9.59 Å². The van der Waals surface area contributed by atoms with Crippen LogP contribution in [0.3, 0.4) is 0 Å². The Morgan fingerprint density at radius 1 is 1.06 bits per heavy atom. The van der Waals surface area contributed by atoms with Gasteiger partial charge in [-0.2, -0.15) is 0 Å². The normalized spacial score (nSPS) is 10.9. The smallest absolute Gasteiger partial charge is 0.262 e. The monoisotopic (exact) mass is 541 g/mol. The molecule has 0 bridgehead atoms. The van der Waals surface area contributed by atoms with Crippen molar-refractivity contribution in [2.24, 2.45) is 0 Å². The Morgan fingerprint density at radius 2 is 1.85 bits per heavy atom. The van der Waals surface area contributed by atoms with Crippen LogP contribution in [0.2, 0.25) is 0 Å². The number of ketones is 1. The minimum absolute atomic E-state index is 0.0424. The van der Waals surface area contributed by atoms with Crippen molar-refractivity contribution in [1.82, 2.24) is 0 Å². The van der Waals surface area contributed by atoms with E-state index in [4.69, 9.17) is 9.47 Å². The Kier molecular flexibility index (Phi) is 9.48. The van der Waals surface area contributed by atoms with E-state index in [1.54, 1.807) is 24.3 Å². The van der Waals surface area contributed by atoms with Crippen LogP contribution in [0.25, 0.3) is 6.08 Å². The summed E-state index contributed by atoms with van der Waals surface area (Å²) in [6.07, 6.45) is 5.30. The van der Waals surface area contributed by atoms with Gasteiger partial charge in [0.05, 0.1) is 11.5 Å². The highest BCUT2D eigenvalue weighted by Gasteiger charge is 2.12. The van der Waals surface area contributed by atoms with Crippen molar-refractivity contribution < 1.29 is 19.1 Å². The summed E-state index contributed by atoms with van der Waals surface area (Å²) in [7, 11) is 0. The van der Waals surface area contributed by atoms with Gasteiger partial charge in [-0.1, -0.05) is 43.7 Å². The molecule has 0 saturated heterocycles. The second-order valence-electron chi connectivity index (χ2n) is 7.62. The number of anilines is 1. The first-order valence-electron chi connectivity index (χ1n) is 11.2. The second kappa shape index (κ2) is 12.5. The second-order valence-corrected chi connectivity index (χ2v) is 9.61. The number of hydrogen-bond acceptors (Lipinski definition) is 5. The van der Waals surface area contributed by atoms with Gasteiger partial charge in [0.1, 0.15) is 0 Å². The zero-order valence-corrected chi connectivity index (χ0v) is 21.9. The van der Waals surface area contributed by atoms with E-state index in [1.165, 1.54) is 16.2 Å². The lowest BCUT2D eigenvalue weighted by atomic mass is 10.1. The number of carbonyl (C=O) groups is 2. The van der Waals surface area contributed by atoms with Crippen molar-refractivity contribution in [2.45, 2.75) is 33.6 Å². The van der Waals surface area contributed by atoms with Gasteiger partial charge in [0, 0.05) is 15.0 Å². The summed E-state index contributed by atoms with van der Waals surface area (Å²) >= 11 is 5.06. The number of nitrogens with one attached hydrogen (secondary N) is 1. The van der Waals surface area contributed by atoms with E-state index in [-0.39, 0.29) is 18.3 Å². The zero-order valence-electron chi connectivity index (χ0n) is 19.5. The van der Waals surface area contributed by atoms with Crippen LogP contribution >= 0.6 is 27.3 Å². The van der Waals surface area contributed by atoms with Gasteiger partial charge in [0.25, 0.3) is 5.91 Å². The van der Waals surface area contributed by atoms with Crippen molar-refractivity contribution in [2.75, 3.05) is 18.5 Å². The molecule has 0 unspecified atom stereocenters. The zero-order chi connectivity index (χ0) is 24.5. The quantitative estimate of drug-likeness (QED) is 0.208. The number of allylic oxidation sites excluding steroid dienone is 1. The molecule has 1 aromatic heterocycles. The molecule has 1 amide bonds. The van der Waals surface area contributed by atoms with Crippen molar-refractivity contribution in [1.29, 1.82) is 0 Å². The third-order valence-electron chi connectivity index (χ3n) is 4.95. The van der Waals surface area contributed by atoms with E-state index in [1.807, 2.05) is 50.2 Å². The number of thiophene rings is 1. The molecule has 0 spiro atoms. The first-order chi connectivity index (χ1) is 16.4. The molecule has 3 rings (SSSR count). The average molecular weight is 542 g/mol. The molecule has 3 aromatic rings. The van der Waals surface area contributed by atoms with Crippen LogP contribution in [0.4, 0.5) is 5.69 Å². The Balaban J connectivity index is 1.66. The Bertz CT molecular complexity index is 1190. The fourth-order valence-corrected chi connectivity index (χ4v) is 5.13. The number of hydrogen-bond donors (Lipinski definition) is 1. The molecule has 0 atom stereocenters. The van der Waals surface area contributed by atoms with E-state index >= 15 is 0 Å². The summed E-state index contributed by atoms with van der Waals surface area (Å²) < 4.78 is 12.4. The lowest BCUT2D eigenvalue weighted by Crippen LogP contribution is -2.20. The summed E-state index contributed by atoms with van der Waals surface area (Å²) in [5.41, 5.74) is 2.54. The maximum atomic E-state index is 12.6. The molecule has 34 heavy (non-hydrogen) atoms. The van der Waals surface area contributed by atoms with E-state index < -0.39 is 0 Å². The minimum Gasteiger partial charge on any atom is -0.490 e. The van der Waals surface area contributed by atoms with Crippen LogP contribution in [-0.2, 0) is 11.2 Å². The standard InChI is InChI=1S/C27H28BrNO4S/c1-4-8-25-20(28)16-26(34-25)22(30)13-11-19-12-14-23(24(15-19)32-5-2)33-17-27(31)29-21-10-7-6-9-18(21)3/h6-7,9-16H,4-5,8,17H2,1-3H3,(H,29,31)/b13-11+. The molecule has 0 saturated carbocycles. The predicted molar refractivity (Wildman–Crippen MR) is 142 cm³/mol. The molecule has 178 valence electrons. The summed E-state index contributed by atoms with van der Waals surface area (Å²) in [5, 5.41) is 2.85. The van der Waals surface area contributed by atoms with Crippen molar-refractivity contribution in [3.05, 3.63) is 80.0 Å².